The van der Waals surface area contributed by atoms with E-state index in [1.54, 1.807) is 19.3 Å². The maximum atomic E-state index is 11.2. The predicted molar refractivity (Wildman–Crippen MR) is 50.8 cm³/mol. The van der Waals surface area contributed by atoms with Crippen molar-refractivity contribution in [2.24, 2.45) is 0 Å². The molecule has 1 amide bonds. The molecule has 0 saturated carbocycles. The number of anilines is 1. The molecule has 2 heterocycles. The van der Waals surface area contributed by atoms with E-state index in [9.17, 15) is 4.79 Å². The van der Waals surface area contributed by atoms with Gasteiger partial charge in [0.2, 0.25) is 5.88 Å². The summed E-state index contributed by atoms with van der Waals surface area (Å²) in [4.78, 5) is 16.8. The van der Waals surface area contributed by atoms with Crippen LogP contribution in [0.4, 0.5) is 5.69 Å². The van der Waals surface area contributed by atoms with Crippen molar-refractivity contribution in [3.8, 4) is 5.88 Å². The molecule has 1 aromatic heterocycles. The summed E-state index contributed by atoms with van der Waals surface area (Å²) in [7, 11) is 1.71. The van der Waals surface area contributed by atoms with E-state index in [4.69, 9.17) is 4.74 Å². The number of likely N-dealkylation sites (N-methyl/N-ethyl adjacent to an activating group) is 1. The van der Waals surface area contributed by atoms with Gasteiger partial charge in [-0.1, -0.05) is 0 Å². The zero-order chi connectivity index (χ0) is 9.42. The van der Waals surface area contributed by atoms with Crippen LogP contribution in [0.2, 0.25) is 0 Å². The summed E-state index contributed by atoms with van der Waals surface area (Å²) in [5, 5.41) is 0. The van der Waals surface area contributed by atoms with Gasteiger partial charge in [-0.15, -0.1) is 0 Å². The van der Waals surface area contributed by atoms with E-state index in [1.807, 2.05) is 0 Å². The second-order valence-corrected chi connectivity index (χ2v) is 3.63. The zero-order valence-electron chi connectivity index (χ0n) is 6.95. The Kier molecular flexibility index (Phi) is 1.95. The van der Waals surface area contributed by atoms with Crippen molar-refractivity contribution < 1.29 is 9.53 Å². The molecule has 13 heavy (non-hydrogen) atoms. The minimum atomic E-state index is -0.0626. The van der Waals surface area contributed by atoms with E-state index in [2.05, 4.69) is 20.9 Å². The molecular weight excluding hydrogens is 236 g/mol. The molecular formula is C8H7BrN2O2. The highest BCUT2D eigenvalue weighted by Crippen LogP contribution is 2.30. The standard InChI is InChI=1S/C8H7BrN2O2/c1-11-6-2-5(9)3-10-8(6)13-4-7(11)12/h2-3H,4H2,1H3. The Hall–Kier alpha value is -1.10. The van der Waals surface area contributed by atoms with E-state index in [-0.39, 0.29) is 12.5 Å². The van der Waals surface area contributed by atoms with Gasteiger partial charge in [-0.3, -0.25) is 4.79 Å². The lowest BCUT2D eigenvalue weighted by Gasteiger charge is -2.24. The van der Waals surface area contributed by atoms with Crippen molar-refractivity contribution in [3.63, 3.8) is 0 Å². The number of pyridine rings is 1. The maximum Gasteiger partial charge on any atom is 0.264 e. The predicted octanol–water partition coefficient (Wildman–Crippen LogP) is 1.20. The van der Waals surface area contributed by atoms with Gasteiger partial charge in [0.1, 0.15) is 5.69 Å². The number of ether oxygens (including phenoxy) is 1. The number of nitrogens with zero attached hydrogens (tertiary/aromatic N) is 2. The zero-order valence-corrected chi connectivity index (χ0v) is 8.54. The molecule has 0 saturated heterocycles. The molecule has 1 aromatic rings. The second-order valence-electron chi connectivity index (χ2n) is 2.72. The maximum absolute atomic E-state index is 11.2. The first-order valence-corrected chi connectivity index (χ1v) is 4.52. The summed E-state index contributed by atoms with van der Waals surface area (Å²) < 4.78 is 5.97. The number of carbonyl (C=O) groups is 1. The van der Waals surface area contributed by atoms with Gasteiger partial charge in [-0.05, 0) is 22.0 Å². The van der Waals surface area contributed by atoms with Gasteiger partial charge in [-0.2, -0.15) is 0 Å². The SMILES string of the molecule is CN1C(=O)COc2ncc(Br)cc21. The van der Waals surface area contributed by atoms with Crippen LogP contribution in [-0.4, -0.2) is 24.5 Å². The van der Waals surface area contributed by atoms with Crippen molar-refractivity contribution in [2.45, 2.75) is 0 Å². The summed E-state index contributed by atoms with van der Waals surface area (Å²) >= 11 is 3.28. The second kappa shape index (κ2) is 2.99. The molecule has 68 valence electrons. The number of aromatic nitrogens is 1. The molecule has 0 bridgehead atoms. The number of hydrogen-bond acceptors (Lipinski definition) is 3. The summed E-state index contributed by atoms with van der Waals surface area (Å²) in [6, 6.07) is 1.80. The summed E-state index contributed by atoms with van der Waals surface area (Å²) in [6.45, 7) is 0.0676. The van der Waals surface area contributed by atoms with Crippen molar-refractivity contribution in [1.82, 2.24) is 4.98 Å². The first-order chi connectivity index (χ1) is 6.18. The monoisotopic (exact) mass is 242 g/mol. The normalized spacial score (nSPS) is 15.2. The van der Waals surface area contributed by atoms with Crippen LogP contribution in [0.15, 0.2) is 16.7 Å². The minimum Gasteiger partial charge on any atom is -0.466 e. The lowest BCUT2D eigenvalue weighted by molar-refractivity contribution is -0.121. The Balaban J connectivity index is 2.51. The molecule has 0 unspecified atom stereocenters. The third-order valence-corrected chi connectivity index (χ3v) is 2.30. The highest BCUT2D eigenvalue weighted by atomic mass is 79.9. The van der Waals surface area contributed by atoms with E-state index >= 15 is 0 Å². The van der Waals surface area contributed by atoms with Gasteiger partial charge >= 0.3 is 0 Å². The van der Waals surface area contributed by atoms with Crippen LogP contribution in [0.1, 0.15) is 0 Å². The van der Waals surface area contributed by atoms with Gasteiger partial charge < -0.3 is 9.64 Å². The molecule has 2 rings (SSSR count). The van der Waals surface area contributed by atoms with Crippen LogP contribution >= 0.6 is 15.9 Å². The Labute approximate surface area is 83.6 Å². The molecule has 0 aromatic carbocycles. The number of halogens is 1. The molecule has 0 radical (unpaired) electrons. The number of amides is 1. The van der Waals surface area contributed by atoms with Gasteiger partial charge in [0, 0.05) is 17.7 Å². The fraction of sp³-hybridized carbons (Fsp3) is 0.250. The largest absolute Gasteiger partial charge is 0.466 e. The average Bonchev–Trinajstić information content (AvgIpc) is 2.12. The molecule has 0 atom stereocenters. The van der Waals surface area contributed by atoms with Crippen LogP contribution in [-0.2, 0) is 4.79 Å². The average molecular weight is 243 g/mol. The van der Waals surface area contributed by atoms with Crippen LogP contribution in [0, 0.1) is 0 Å². The minimum absolute atomic E-state index is 0.0626. The number of carbonyl (C=O) groups excluding carboxylic acids is 1. The van der Waals surface area contributed by atoms with Crippen molar-refractivity contribution in [3.05, 3.63) is 16.7 Å². The van der Waals surface area contributed by atoms with Gasteiger partial charge in [-0.25, -0.2) is 4.98 Å². The van der Waals surface area contributed by atoms with Gasteiger partial charge in [0.05, 0.1) is 0 Å². The van der Waals surface area contributed by atoms with Crippen molar-refractivity contribution in [1.29, 1.82) is 0 Å². The third-order valence-electron chi connectivity index (χ3n) is 1.87. The quantitative estimate of drug-likeness (QED) is 0.687. The third kappa shape index (κ3) is 1.39. The van der Waals surface area contributed by atoms with Gasteiger partial charge in [0.25, 0.3) is 5.91 Å². The Morgan fingerprint density at radius 3 is 3.23 bits per heavy atom. The van der Waals surface area contributed by atoms with E-state index in [0.717, 1.165) is 4.47 Å². The van der Waals surface area contributed by atoms with Crippen molar-refractivity contribution >= 4 is 27.5 Å². The van der Waals surface area contributed by atoms with Gasteiger partial charge in [0.15, 0.2) is 6.61 Å². The molecule has 0 fully saturated rings. The van der Waals surface area contributed by atoms with Crippen molar-refractivity contribution in [2.75, 3.05) is 18.6 Å². The molecule has 5 heteroatoms. The van der Waals surface area contributed by atoms with E-state index < -0.39 is 0 Å². The molecule has 0 N–H and O–H groups in total. The molecule has 1 aliphatic heterocycles. The summed E-state index contributed by atoms with van der Waals surface area (Å²) in [5.41, 5.74) is 0.700. The summed E-state index contributed by atoms with van der Waals surface area (Å²) in [5.74, 6) is 0.442. The number of rotatable bonds is 0. The highest BCUT2D eigenvalue weighted by molar-refractivity contribution is 9.10. The van der Waals surface area contributed by atoms with Crippen LogP contribution in [0.5, 0.6) is 5.88 Å². The Bertz CT molecular complexity index is 367. The summed E-state index contributed by atoms with van der Waals surface area (Å²) in [6.07, 6.45) is 1.64. The topological polar surface area (TPSA) is 42.4 Å². The van der Waals surface area contributed by atoms with E-state index in [1.165, 1.54) is 4.90 Å². The highest BCUT2D eigenvalue weighted by Gasteiger charge is 2.23. The number of fused-ring (bicyclic) bond motifs is 1. The lowest BCUT2D eigenvalue weighted by Crippen LogP contribution is -2.35. The smallest absolute Gasteiger partial charge is 0.264 e. The molecule has 0 spiro atoms. The van der Waals surface area contributed by atoms with Crippen LogP contribution < -0.4 is 9.64 Å². The van der Waals surface area contributed by atoms with Crippen LogP contribution in [0.25, 0.3) is 0 Å². The first kappa shape index (κ1) is 8.50. The van der Waals surface area contributed by atoms with Crippen LogP contribution in [0.3, 0.4) is 0 Å². The Morgan fingerprint density at radius 2 is 2.46 bits per heavy atom. The molecule has 1 aliphatic rings. The molecule has 4 nitrogen and oxygen atoms in total. The first-order valence-electron chi connectivity index (χ1n) is 3.73. The molecule has 0 aliphatic carbocycles. The fourth-order valence-corrected chi connectivity index (χ4v) is 1.45. The van der Waals surface area contributed by atoms with E-state index in [0.29, 0.717) is 11.6 Å². The Morgan fingerprint density at radius 1 is 1.69 bits per heavy atom. The fourth-order valence-electron chi connectivity index (χ4n) is 1.13. The number of hydrogen-bond donors (Lipinski definition) is 0. The lowest BCUT2D eigenvalue weighted by atomic mass is 10.3.